The minimum absolute atomic E-state index is 0.255. The quantitative estimate of drug-likeness (QED) is 0.192. The first kappa shape index (κ1) is 27.0. The van der Waals surface area contributed by atoms with Gasteiger partial charge in [0, 0.05) is 0 Å². The monoisotopic (exact) mass is 593 g/mol. The summed E-state index contributed by atoms with van der Waals surface area (Å²) in [5.74, 6) is 0.530. The van der Waals surface area contributed by atoms with Gasteiger partial charge in [0.2, 0.25) is 0 Å². The molecule has 6 nitrogen and oxygen atoms in total. The van der Waals surface area contributed by atoms with Crippen molar-refractivity contribution in [3.63, 3.8) is 0 Å². The van der Waals surface area contributed by atoms with Crippen LogP contribution in [0.15, 0.2) is 58.0 Å². The molecule has 0 saturated heterocycles. The Hall–Kier alpha value is -2.03. The maximum absolute atomic E-state index is 11.3. The molecule has 1 aromatic heterocycles. The van der Waals surface area contributed by atoms with Gasteiger partial charge in [0.1, 0.15) is 0 Å². The molecule has 0 aliphatic carbocycles. The van der Waals surface area contributed by atoms with E-state index in [1.165, 1.54) is 25.5 Å². The fourth-order valence-corrected chi connectivity index (χ4v) is 8.41. The van der Waals surface area contributed by atoms with Crippen LogP contribution in [0, 0.1) is 6.92 Å². The normalized spacial score (nSPS) is 15.2. The molecular weight excluding hydrogens is 559 g/mol. The van der Waals surface area contributed by atoms with Crippen molar-refractivity contribution in [1.82, 2.24) is 0 Å². The van der Waals surface area contributed by atoms with Gasteiger partial charge in [0.25, 0.3) is 0 Å². The number of rotatable bonds is 10. The first-order valence-electron chi connectivity index (χ1n) is 12.2. The van der Waals surface area contributed by atoms with Gasteiger partial charge in [-0.15, -0.1) is 0 Å². The second-order valence-electron chi connectivity index (χ2n) is 8.67. The molecule has 3 aromatic rings. The topological polar surface area (TPSA) is 70.7 Å². The van der Waals surface area contributed by atoms with Crippen LogP contribution in [0.4, 0.5) is 5.69 Å². The molecule has 0 fully saturated rings. The Balaban J connectivity index is 1.71. The molecule has 0 unspecified atom stereocenters. The van der Waals surface area contributed by atoms with E-state index in [4.69, 9.17) is 4.74 Å². The van der Waals surface area contributed by atoms with Crippen LogP contribution in [0.1, 0.15) is 43.7 Å². The van der Waals surface area contributed by atoms with E-state index in [-0.39, 0.29) is 20.3 Å². The number of aromatic nitrogens is 1. The van der Waals surface area contributed by atoms with Crippen molar-refractivity contribution in [2.75, 3.05) is 23.8 Å². The first-order valence-corrected chi connectivity index (χ1v) is 16.4. The number of fused-ring (bicyclic) bond motifs is 2. The van der Waals surface area contributed by atoms with E-state index in [1.807, 2.05) is 19.1 Å². The van der Waals surface area contributed by atoms with Crippen molar-refractivity contribution in [3.05, 3.63) is 63.2 Å². The molecule has 0 saturated carbocycles. The molecule has 9 heteroatoms. The number of hydrogen-bond acceptors (Lipinski definition) is 5. The van der Waals surface area contributed by atoms with Gasteiger partial charge in [-0.1, -0.05) is 0 Å². The Morgan fingerprint density at radius 1 is 1.19 bits per heavy atom. The number of allylic oxidation sites excluding steroid dienone is 2. The summed E-state index contributed by atoms with van der Waals surface area (Å²) < 4.78 is 42.9. The van der Waals surface area contributed by atoms with Crippen LogP contribution in [0.2, 0.25) is 0 Å². The number of aryl methyl sites for hydroxylation is 2. The average Bonchev–Trinajstić information content (AvgIpc) is 3.34. The summed E-state index contributed by atoms with van der Waals surface area (Å²) in [5.41, 5.74) is 4.84. The van der Waals surface area contributed by atoms with Crippen LogP contribution in [0.25, 0.3) is 15.9 Å². The van der Waals surface area contributed by atoms with E-state index in [2.05, 4.69) is 66.7 Å². The summed E-state index contributed by atoms with van der Waals surface area (Å²) in [5, 5.41) is 1.06. The van der Waals surface area contributed by atoms with Gasteiger partial charge in [-0.05, 0) is 0 Å². The van der Waals surface area contributed by atoms with Crippen molar-refractivity contribution in [2.45, 2.75) is 52.0 Å². The molecule has 192 valence electrons. The third-order valence-corrected chi connectivity index (χ3v) is 10.3. The molecule has 1 N–H and O–H groups in total. The van der Waals surface area contributed by atoms with E-state index in [9.17, 15) is 13.0 Å². The molecule has 2 aromatic carbocycles. The third-order valence-electron chi connectivity index (χ3n) is 6.02. The van der Waals surface area contributed by atoms with Crippen LogP contribution in [-0.2, 0) is 16.7 Å². The molecule has 4 rings (SSSR count). The molecule has 0 spiro atoms. The van der Waals surface area contributed by atoms with Gasteiger partial charge < -0.3 is 0 Å². The summed E-state index contributed by atoms with van der Waals surface area (Å²) >= 11 is 1.94. The molecule has 0 atom stereocenters. The number of ether oxygens (including phenoxy) is 1. The van der Waals surface area contributed by atoms with Gasteiger partial charge in [-0.2, -0.15) is 0 Å². The molecule has 1 aliphatic rings. The first-order chi connectivity index (χ1) is 17.2. The van der Waals surface area contributed by atoms with Crippen molar-refractivity contribution >= 4 is 57.9 Å². The van der Waals surface area contributed by atoms with E-state index < -0.39 is 10.1 Å². The Labute approximate surface area is 224 Å². The van der Waals surface area contributed by atoms with Crippen molar-refractivity contribution in [3.8, 4) is 5.75 Å². The van der Waals surface area contributed by atoms with Crippen LogP contribution < -0.4 is 14.2 Å². The van der Waals surface area contributed by atoms with Crippen LogP contribution in [0.3, 0.4) is 0 Å². The van der Waals surface area contributed by atoms with Crippen molar-refractivity contribution in [2.24, 2.45) is 0 Å². The van der Waals surface area contributed by atoms with Gasteiger partial charge in [0.15, 0.2) is 0 Å². The summed E-state index contributed by atoms with van der Waals surface area (Å²) in [6.07, 6.45) is 5.77. The molecule has 0 bridgehead atoms. The summed E-state index contributed by atoms with van der Waals surface area (Å²) in [6, 6.07) is 12.8. The van der Waals surface area contributed by atoms with Crippen LogP contribution in [-0.4, -0.2) is 46.4 Å². The van der Waals surface area contributed by atoms with Crippen molar-refractivity contribution in [1.29, 1.82) is 0 Å². The number of nitrogens with zero attached hydrogens (tertiary/aromatic N) is 2. The standard InChI is InChI=1S/C27H32N2O4S2Se/c1-5-20(17-27-28(6-2)23-15-19(4)9-12-25(23)36-27)16-26-29(13-8-14-35(30,31)32)22-18-21(33-7-3)10-11-24(22)34-26/h9-12,15-18H,5-8,13-14H2,1-4H3/p+1. The van der Waals surface area contributed by atoms with Crippen molar-refractivity contribution < 1.29 is 22.3 Å². The van der Waals surface area contributed by atoms with Gasteiger partial charge in [-0.3, -0.25) is 0 Å². The van der Waals surface area contributed by atoms with Gasteiger partial charge in [0.05, 0.1) is 0 Å². The zero-order valence-corrected chi connectivity index (χ0v) is 24.5. The van der Waals surface area contributed by atoms with E-state index >= 15 is 0 Å². The Kier molecular flexibility index (Phi) is 8.68. The number of benzene rings is 2. The minimum atomic E-state index is -4.01. The second kappa shape index (κ2) is 11.6. The molecule has 1 aliphatic heterocycles. The Morgan fingerprint density at radius 2 is 2.00 bits per heavy atom. The third kappa shape index (κ3) is 6.26. The average molecular weight is 593 g/mol. The molecule has 0 radical (unpaired) electrons. The van der Waals surface area contributed by atoms with Crippen LogP contribution >= 0.6 is 11.8 Å². The fourth-order valence-electron chi connectivity index (χ4n) is 4.29. The summed E-state index contributed by atoms with van der Waals surface area (Å²) in [7, 11) is -4.01. The van der Waals surface area contributed by atoms with E-state index in [0.29, 0.717) is 19.6 Å². The Bertz CT molecular complexity index is 1430. The van der Waals surface area contributed by atoms with E-state index in [1.54, 1.807) is 11.8 Å². The fraction of sp³-hybridized carbons (Fsp3) is 0.370. The van der Waals surface area contributed by atoms with Gasteiger partial charge in [-0.25, -0.2) is 0 Å². The SMILES string of the molecule is CCOc1ccc2c(c1)N(CCCS(=O)(=O)O)/C(=C/C(=C/c1[se]c3ccc(C)cc3[n+]1CC)CC)S2. The molecule has 2 heterocycles. The summed E-state index contributed by atoms with van der Waals surface area (Å²) in [6.45, 7) is 10.5. The Morgan fingerprint density at radius 3 is 2.69 bits per heavy atom. The zero-order chi connectivity index (χ0) is 25.9. The number of anilines is 1. The number of thioether (sulfide) groups is 1. The summed E-state index contributed by atoms with van der Waals surface area (Å²) in [4.78, 5) is 3.26. The molecule has 36 heavy (non-hydrogen) atoms. The molecular formula is C27H33N2O4S2Se+. The predicted molar refractivity (Wildman–Crippen MR) is 150 cm³/mol. The maximum atomic E-state index is 11.3. The number of hydrogen-bond donors (Lipinski definition) is 1. The second-order valence-corrected chi connectivity index (χ2v) is 13.5. The predicted octanol–water partition coefficient (Wildman–Crippen LogP) is 5.44. The van der Waals surface area contributed by atoms with E-state index in [0.717, 1.165) is 34.3 Å². The van der Waals surface area contributed by atoms with Gasteiger partial charge >= 0.3 is 225 Å². The van der Waals surface area contributed by atoms with Crippen LogP contribution in [0.5, 0.6) is 5.75 Å². The molecule has 0 amide bonds. The zero-order valence-electron chi connectivity index (χ0n) is 21.2.